The van der Waals surface area contributed by atoms with E-state index in [4.69, 9.17) is 0 Å². The standard InChI is InChI=1S/C10H12F2N2O2S/c11-9-2-1-8(7-10(9)12)17(15,16)14-5-3-13-4-6-14/h1-2,7,13H,3-6H2/p+1. The molecule has 1 aromatic carbocycles. The van der Waals surface area contributed by atoms with Crippen LogP contribution in [0.1, 0.15) is 0 Å². The second kappa shape index (κ2) is 4.67. The zero-order chi connectivity index (χ0) is 12.5. The van der Waals surface area contributed by atoms with Crippen molar-refractivity contribution in [3.63, 3.8) is 0 Å². The summed E-state index contributed by atoms with van der Waals surface area (Å²) >= 11 is 0. The molecule has 1 aliphatic heterocycles. The van der Waals surface area contributed by atoms with E-state index >= 15 is 0 Å². The van der Waals surface area contributed by atoms with E-state index < -0.39 is 21.7 Å². The van der Waals surface area contributed by atoms with Gasteiger partial charge in [-0.05, 0) is 18.2 Å². The molecule has 0 spiro atoms. The third kappa shape index (κ3) is 2.46. The first-order valence-electron chi connectivity index (χ1n) is 5.28. The van der Waals surface area contributed by atoms with Gasteiger partial charge in [-0.2, -0.15) is 4.31 Å². The number of quaternary nitrogens is 1. The van der Waals surface area contributed by atoms with Crippen LogP contribution in [0, 0.1) is 11.6 Å². The Morgan fingerprint density at radius 3 is 2.35 bits per heavy atom. The van der Waals surface area contributed by atoms with Crippen molar-refractivity contribution >= 4 is 10.0 Å². The molecule has 2 rings (SSSR count). The molecule has 0 amide bonds. The van der Waals surface area contributed by atoms with Crippen LogP contribution in [-0.2, 0) is 10.0 Å². The Balaban J connectivity index is 2.33. The molecule has 1 saturated heterocycles. The number of hydrogen-bond donors (Lipinski definition) is 1. The maximum Gasteiger partial charge on any atom is 0.243 e. The Labute approximate surface area is 98.3 Å². The lowest BCUT2D eigenvalue weighted by Crippen LogP contribution is -2.89. The number of benzene rings is 1. The van der Waals surface area contributed by atoms with E-state index in [1.807, 2.05) is 5.32 Å². The van der Waals surface area contributed by atoms with Crippen LogP contribution < -0.4 is 5.32 Å². The van der Waals surface area contributed by atoms with E-state index in [1.54, 1.807) is 0 Å². The molecule has 1 aromatic rings. The van der Waals surface area contributed by atoms with Crippen LogP contribution in [0.25, 0.3) is 0 Å². The zero-order valence-corrected chi connectivity index (χ0v) is 9.88. The molecule has 17 heavy (non-hydrogen) atoms. The quantitative estimate of drug-likeness (QED) is 0.784. The van der Waals surface area contributed by atoms with Gasteiger partial charge in [0.2, 0.25) is 10.0 Å². The van der Waals surface area contributed by atoms with Crippen LogP contribution >= 0.6 is 0 Å². The Morgan fingerprint density at radius 2 is 1.76 bits per heavy atom. The van der Waals surface area contributed by atoms with Crippen molar-refractivity contribution in [3.05, 3.63) is 29.8 Å². The number of hydrogen-bond acceptors (Lipinski definition) is 2. The fraction of sp³-hybridized carbons (Fsp3) is 0.400. The molecule has 1 fully saturated rings. The summed E-state index contributed by atoms with van der Waals surface area (Å²) in [5.74, 6) is -2.19. The lowest BCUT2D eigenvalue weighted by Gasteiger charge is -2.24. The summed E-state index contributed by atoms with van der Waals surface area (Å²) < 4.78 is 51.2. The maximum absolute atomic E-state index is 13.0. The Morgan fingerprint density at radius 1 is 1.12 bits per heavy atom. The van der Waals surface area contributed by atoms with E-state index in [-0.39, 0.29) is 4.90 Å². The number of nitrogens with zero attached hydrogens (tertiary/aromatic N) is 1. The van der Waals surface area contributed by atoms with Gasteiger partial charge in [0.25, 0.3) is 0 Å². The SMILES string of the molecule is O=S(=O)(c1ccc(F)c(F)c1)N1CC[NH2+]CC1. The van der Waals surface area contributed by atoms with Crippen LogP contribution in [0.2, 0.25) is 0 Å². The van der Waals surface area contributed by atoms with Crippen LogP contribution in [0.5, 0.6) is 0 Å². The zero-order valence-electron chi connectivity index (χ0n) is 9.07. The molecule has 0 atom stereocenters. The normalized spacial score (nSPS) is 18.2. The molecule has 0 aromatic heterocycles. The minimum atomic E-state index is -3.69. The molecule has 4 nitrogen and oxygen atoms in total. The van der Waals surface area contributed by atoms with Gasteiger partial charge in [-0.15, -0.1) is 0 Å². The molecule has 2 N–H and O–H groups in total. The Hall–Kier alpha value is -1.05. The van der Waals surface area contributed by atoms with Crippen molar-refractivity contribution in [1.29, 1.82) is 0 Å². The second-order valence-corrected chi connectivity index (χ2v) is 5.78. The van der Waals surface area contributed by atoms with Gasteiger partial charge in [-0.25, -0.2) is 17.2 Å². The van der Waals surface area contributed by atoms with Gasteiger partial charge >= 0.3 is 0 Å². The van der Waals surface area contributed by atoms with Crippen LogP contribution in [-0.4, -0.2) is 38.9 Å². The van der Waals surface area contributed by atoms with Gasteiger partial charge in [0.1, 0.15) is 0 Å². The van der Waals surface area contributed by atoms with E-state index in [9.17, 15) is 17.2 Å². The number of nitrogens with two attached hydrogens (primary N) is 1. The van der Waals surface area contributed by atoms with E-state index in [2.05, 4.69) is 0 Å². The first-order chi connectivity index (χ1) is 8.01. The highest BCUT2D eigenvalue weighted by Gasteiger charge is 2.27. The fourth-order valence-corrected chi connectivity index (χ4v) is 3.24. The third-order valence-corrected chi connectivity index (χ3v) is 4.59. The summed E-state index contributed by atoms with van der Waals surface area (Å²) in [6.07, 6.45) is 0. The molecule has 1 heterocycles. The monoisotopic (exact) mass is 263 g/mol. The highest BCUT2D eigenvalue weighted by atomic mass is 32.2. The number of piperazine rings is 1. The molecule has 0 radical (unpaired) electrons. The van der Waals surface area contributed by atoms with Crippen molar-refractivity contribution in [2.75, 3.05) is 26.2 Å². The molecule has 0 aliphatic carbocycles. The maximum atomic E-state index is 13.0. The first-order valence-corrected chi connectivity index (χ1v) is 6.73. The Bertz CT molecular complexity index is 513. The average molecular weight is 263 g/mol. The van der Waals surface area contributed by atoms with Gasteiger partial charge < -0.3 is 5.32 Å². The smallest absolute Gasteiger partial charge is 0.243 e. The third-order valence-electron chi connectivity index (χ3n) is 2.69. The molecule has 94 valence electrons. The first kappa shape index (κ1) is 12.4. The number of rotatable bonds is 2. The number of halogens is 2. The van der Waals surface area contributed by atoms with Gasteiger partial charge in [-0.3, -0.25) is 0 Å². The highest BCUT2D eigenvalue weighted by Crippen LogP contribution is 2.18. The number of sulfonamides is 1. The summed E-state index contributed by atoms with van der Waals surface area (Å²) in [5, 5.41) is 2.01. The Kier molecular flexibility index (Phi) is 3.41. The van der Waals surface area contributed by atoms with Gasteiger partial charge in [-0.1, -0.05) is 0 Å². The van der Waals surface area contributed by atoms with Crippen molar-refractivity contribution in [2.45, 2.75) is 4.90 Å². The molecule has 0 unspecified atom stereocenters. The second-order valence-electron chi connectivity index (χ2n) is 3.85. The van der Waals surface area contributed by atoms with Crippen molar-refractivity contribution < 1.29 is 22.5 Å². The lowest BCUT2D eigenvalue weighted by atomic mass is 10.3. The van der Waals surface area contributed by atoms with E-state index in [0.29, 0.717) is 26.2 Å². The molecule has 7 heteroatoms. The largest absolute Gasteiger partial charge is 0.344 e. The predicted octanol–water partition coefficient (Wildman–Crippen LogP) is -0.467. The van der Waals surface area contributed by atoms with Gasteiger partial charge in [0.05, 0.1) is 31.1 Å². The van der Waals surface area contributed by atoms with Crippen molar-refractivity contribution in [1.82, 2.24) is 4.31 Å². The molecule has 1 aliphatic rings. The minimum Gasteiger partial charge on any atom is -0.344 e. The molecular weight excluding hydrogens is 250 g/mol. The topological polar surface area (TPSA) is 54.0 Å². The summed E-state index contributed by atoms with van der Waals surface area (Å²) in [7, 11) is -3.69. The minimum absolute atomic E-state index is 0.196. The fourth-order valence-electron chi connectivity index (χ4n) is 1.75. The van der Waals surface area contributed by atoms with Crippen molar-refractivity contribution in [2.24, 2.45) is 0 Å². The summed E-state index contributed by atoms with van der Waals surface area (Å²) in [4.78, 5) is -0.196. The average Bonchev–Trinajstić information content (AvgIpc) is 2.33. The van der Waals surface area contributed by atoms with E-state index in [0.717, 1.165) is 18.2 Å². The van der Waals surface area contributed by atoms with Crippen molar-refractivity contribution in [3.8, 4) is 0 Å². The molecular formula is C10H13F2N2O2S+. The summed E-state index contributed by atoms with van der Waals surface area (Å²) in [6.45, 7) is 2.15. The van der Waals surface area contributed by atoms with Gasteiger partial charge in [0.15, 0.2) is 11.6 Å². The van der Waals surface area contributed by atoms with Crippen LogP contribution in [0.3, 0.4) is 0 Å². The predicted molar refractivity (Wildman–Crippen MR) is 56.8 cm³/mol. The lowest BCUT2D eigenvalue weighted by molar-refractivity contribution is -0.661. The molecule has 0 saturated carbocycles. The van der Waals surface area contributed by atoms with E-state index in [1.165, 1.54) is 4.31 Å². The van der Waals surface area contributed by atoms with Gasteiger partial charge in [0, 0.05) is 0 Å². The summed E-state index contributed by atoms with van der Waals surface area (Å²) in [5.41, 5.74) is 0. The molecule has 0 bridgehead atoms. The van der Waals surface area contributed by atoms with Crippen LogP contribution in [0.4, 0.5) is 8.78 Å². The highest BCUT2D eigenvalue weighted by molar-refractivity contribution is 7.89. The van der Waals surface area contributed by atoms with Crippen LogP contribution in [0.15, 0.2) is 23.1 Å². The summed E-state index contributed by atoms with van der Waals surface area (Å²) in [6, 6.07) is 2.65.